The van der Waals surface area contributed by atoms with Crippen molar-refractivity contribution in [3.8, 4) is 5.88 Å². The van der Waals surface area contributed by atoms with Gasteiger partial charge in [0.15, 0.2) is 0 Å². The molecule has 0 aliphatic heterocycles. The average molecular weight is 295 g/mol. The van der Waals surface area contributed by atoms with Gasteiger partial charge in [-0.15, -0.1) is 0 Å². The largest absolute Gasteiger partial charge is 0.480 e. The molecule has 0 spiro atoms. The molecule has 0 fully saturated rings. The van der Waals surface area contributed by atoms with Crippen LogP contribution in [0.2, 0.25) is 0 Å². The number of nitrogens with zero attached hydrogens (tertiary/aromatic N) is 1. The highest BCUT2D eigenvalue weighted by atomic mass is 16.5. The van der Waals surface area contributed by atoms with Gasteiger partial charge in [0.2, 0.25) is 5.88 Å². The fraction of sp³-hybridized carbons (Fsp3) is 0.500. The van der Waals surface area contributed by atoms with E-state index in [0.29, 0.717) is 31.0 Å². The van der Waals surface area contributed by atoms with Crippen molar-refractivity contribution in [1.29, 1.82) is 0 Å². The summed E-state index contributed by atoms with van der Waals surface area (Å²) in [7, 11) is 0. The van der Waals surface area contributed by atoms with E-state index in [1.54, 1.807) is 26.0 Å². The molecule has 0 radical (unpaired) electrons. The van der Waals surface area contributed by atoms with Crippen molar-refractivity contribution in [1.82, 2.24) is 10.3 Å². The van der Waals surface area contributed by atoms with Crippen LogP contribution in [0.3, 0.4) is 0 Å². The van der Waals surface area contributed by atoms with Crippen molar-refractivity contribution >= 4 is 17.7 Å². The molecule has 0 saturated heterocycles. The smallest absolute Gasteiger partial charge is 0.329 e. The van der Waals surface area contributed by atoms with Crippen LogP contribution in [0.1, 0.15) is 33.6 Å². The van der Waals surface area contributed by atoms with Gasteiger partial charge in [0, 0.05) is 6.07 Å². The first-order valence-electron chi connectivity index (χ1n) is 6.88. The summed E-state index contributed by atoms with van der Waals surface area (Å²) in [6.45, 7) is 5.79. The normalized spacial score (nSPS) is 10.8. The van der Waals surface area contributed by atoms with Crippen LogP contribution < -0.4 is 15.4 Å². The predicted octanol–water partition coefficient (Wildman–Crippen LogP) is 2.25. The number of hydrogen-bond donors (Lipinski definition) is 3. The molecule has 2 amide bonds. The standard InChI is InChI=1S/C14H21N3O4/c1-4-14(5-2,12(18)19)17-13(20)16-10-7-8-11(15-9-10)21-6-3/h7-9H,4-6H2,1-3H3,(H,18,19)(H2,16,17,20). The number of pyridine rings is 1. The Morgan fingerprint density at radius 2 is 1.95 bits per heavy atom. The average Bonchev–Trinajstić information content (AvgIpc) is 2.47. The summed E-state index contributed by atoms with van der Waals surface area (Å²) in [5.74, 6) is -0.585. The number of anilines is 1. The number of amides is 2. The monoisotopic (exact) mass is 295 g/mol. The minimum absolute atomic E-state index is 0.299. The number of ether oxygens (including phenoxy) is 1. The summed E-state index contributed by atoms with van der Waals surface area (Å²) >= 11 is 0. The topological polar surface area (TPSA) is 101 Å². The lowest BCUT2D eigenvalue weighted by Crippen LogP contribution is -2.54. The first kappa shape index (κ1) is 16.7. The Labute approximate surface area is 123 Å². The number of aliphatic carboxylic acids is 1. The fourth-order valence-corrected chi connectivity index (χ4v) is 1.85. The number of carboxylic acids is 1. The summed E-state index contributed by atoms with van der Waals surface area (Å²) in [4.78, 5) is 27.2. The van der Waals surface area contributed by atoms with Crippen molar-refractivity contribution in [3.05, 3.63) is 18.3 Å². The maximum Gasteiger partial charge on any atom is 0.329 e. The van der Waals surface area contributed by atoms with Gasteiger partial charge < -0.3 is 20.5 Å². The van der Waals surface area contributed by atoms with Gasteiger partial charge >= 0.3 is 12.0 Å². The van der Waals surface area contributed by atoms with Crippen LogP contribution in [0.5, 0.6) is 5.88 Å². The summed E-state index contributed by atoms with van der Waals surface area (Å²) in [6, 6.07) is 2.69. The molecular weight excluding hydrogens is 274 g/mol. The quantitative estimate of drug-likeness (QED) is 0.716. The molecule has 7 nitrogen and oxygen atoms in total. The van der Waals surface area contributed by atoms with Crippen LogP contribution in [-0.4, -0.2) is 34.2 Å². The molecule has 1 aromatic heterocycles. The Kier molecular flexibility index (Phi) is 5.95. The molecule has 3 N–H and O–H groups in total. The summed E-state index contributed by atoms with van der Waals surface area (Å²) in [5.41, 5.74) is -0.801. The van der Waals surface area contributed by atoms with Crippen LogP contribution in [0.25, 0.3) is 0 Å². The van der Waals surface area contributed by atoms with Crippen molar-refractivity contribution < 1.29 is 19.4 Å². The van der Waals surface area contributed by atoms with Gasteiger partial charge in [0.25, 0.3) is 0 Å². The maximum atomic E-state index is 11.9. The second kappa shape index (κ2) is 7.47. The zero-order valence-electron chi connectivity index (χ0n) is 12.5. The molecule has 1 rings (SSSR count). The molecule has 1 aromatic rings. The molecule has 21 heavy (non-hydrogen) atoms. The van der Waals surface area contributed by atoms with E-state index in [9.17, 15) is 14.7 Å². The molecule has 116 valence electrons. The first-order chi connectivity index (χ1) is 9.97. The van der Waals surface area contributed by atoms with Gasteiger partial charge in [-0.05, 0) is 25.8 Å². The van der Waals surface area contributed by atoms with Crippen LogP contribution >= 0.6 is 0 Å². The molecule has 0 atom stereocenters. The lowest BCUT2D eigenvalue weighted by atomic mass is 9.93. The molecular formula is C14H21N3O4. The van der Waals surface area contributed by atoms with Gasteiger partial charge in [0.05, 0.1) is 18.5 Å². The first-order valence-corrected chi connectivity index (χ1v) is 6.88. The number of aromatic nitrogens is 1. The number of nitrogens with one attached hydrogen (secondary N) is 2. The molecule has 0 aliphatic carbocycles. The second-order valence-corrected chi connectivity index (χ2v) is 4.49. The van der Waals surface area contributed by atoms with E-state index < -0.39 is 17.5 Å². The van der Waals surface area contributed by atoms with Gasteiger partial charge in [-0.3, -0.25) is 0 Å². The van der Waals surface area contributed by atoms with Gasteiger partial charge in [-0.1, -0.05) is 13.8 Å². The summed E-state index contributed by atoms with van der Waals surface area (Å²) in [5, 5.41) is 14.3. The Bertz CT molecular complexity index is 483. The fourth-order valence-electron chi connectivity index (χ4n) is 1.85. The Morgan fingerprint density at radius 1 is 1.29 bits per heavy atom. The highest BCUT2D eigenvalue weighted by Gasteiger charge is 2.36. The number of carbonyl (C=O) groups is 2. The van der Waals surface area contributed by atoms with Crippen LogP contribution in [0, 0.1) is 0 Å². The highest BCUT2D eigenvalue weighted by Crippen LogP contribution is 2.16. The van der Waals surface area contributed by atoms with E-state index in [0.717, 1.165) is 0 Å². The molecule has 0 unspecified atom stereocenters. The molecule has 0 saturated carbocycles. The van der Waals surface area contributed by atoms with E-state index in [1.165, 1.54) is 6.20 Å². The maximum absolute atomic E-state index is 11.9. The number of carboxylic acid groups (broad SMARTS) is 1. The van der Waals surface area contributed by atoms with Crippen LogP contribution in [-0.2, 0) is 4.79 Å². The van der Waals surface area contributed by atoms with Crippen molar-refractivity contribution in [2.75, 3.05) is 11.9 Å². The molecule has 0 aliphatic rings. The summed E-state index contributed by atoms with van der Waals surface area (Å²) in [6.07, 6.45) is 2.05. The van der Waals surface area contributed by atoms with Crippen molar-refractivity contribution in [2.24, 2.45) is 0 Å². The lowest BCUT2D eigenvalue weighted by Gasteiger charge is -2.28. The number of carbonyl (C=O) groups excluding carboxylic acids is 1. The molecule has 0 bridgehead atoms. The van der Waals surface area contributed by atoms with Gasteiger partial charge in [-0.2, -0.15) is 0 Å². The van der Waals surface area contributed by atoms with Crippen molar-refractivity contribution in [3.63, 3.8) is 0 Å². The van der Waals surface area contributed by atoms with Gasteiger partial charge in [0.1, 0.15) is 5.54 Å². The van der Waals surface area contributed by atoms with E-state index in [-0.39, 0.29) is 0 Å². The highest BCUT2D eigenvalue weighted by molar-refractivity contribution is 5.93. The van der Waals surface area contributed by atoms with E-state index in [1.807, 2.05) is 6.92 Å². The third-order valence-electron chi connectivity index (χ3n) is 3.26. The number of rotatable bonds is 7. The predicted molar refractivity (Wildman–Crippen MR) is 78.5 cm³/mol. The zero-order chi connectivity index (χ0) is 15.9. The number of hydrogen-bond acceptors (Lipinski definition) is 4. The second-order valence-electron chi connectivity index (χ2n) is 4.49. The SMILES string of the molecule is CCOc1ccc(NC(=O)NC(CC)(CC)C(=O)O)cn1. The van der Waals surface area contributed by atoms with Crippen molar-refractivity contribution in [2.45, 2.75) is 39.2 Å². The van der Waals surface area contributed by atoms with E-state index in [4.69, 9.17) is 4.74 Å². The Hall–Kier alpha value is -2.31. The lowest BCUT2D eigenvalue weighted by molar-refractivity contribution is -0.144. The minimum Gasteiger partial charge on any atom is -0.480 e. The summed E-state index contributed by atoms with van der Waals surface area (Å²) < 4.78 is 5.20. The third-order valence-corrected chi connectivity index (χ3v) is 3.26. The Morgan fingerprint density at radius 3 is 2.38 bits per heavy atom. The third kappa shape index (κ3) is 4.34. The van der Waals surface area contributed by atoms with Gasteiger partial charge in [-0.25, -0.2) is 14.6 Å². The molecule has 1 heterocycles. The van der Waals surface area contributed by atoms with E-state index >= 15 is 0 Å². The Balaban J connectivity index is 2.70. The minimum atomic E-state index is -1.26. The van der Waals surface area contributed by atoms with Crippen LogP contribution in [0.4, 0.5) is 10.5 Å². The number of urea groups is 1. The molecule has 7 heteroatoms. The van der Waals surface area contributed by atoms with Crippen LogP contribution in [0.15, 0.2) is 18.3 Å². The van der Waals surface area contributed by atoms with E-state index in [2.05, 4.69) is 15.6 Å². The zero-order valence-corrected chi connectivity index (χ0v) is 12.5. The molecule has 0 aromatic carbocycles.